The fraction of sp³-hybridized carbons (Fsp3) is 0.333. The highest BCUT2D eigenvalue weighted by molar-refractivity contribution is 5.74. The molecule has 0 aromatic heterocycles. The lowest BCUT2D eigenvalue weighted by Crippen LogP contribution is -2.10. The number of unbranched alkanes of at least 4 members (excludes halogenated alkanes) is 1. The molecule has 0 radical (unpaired) electrons. The lowest BCUT2D eigenvalue weighted by molar-refractivity contribution is -0.144. The molecule has 25 heavy (non-hydrogen) atoms. The maximum absolute atomic E-state index is 11.8. The summed E-state index contributed by atoms with van der Waals surface area (Å²) in [4.78, 5) is 23.3. The van der Waals surface area contributed by atoms with E-state index in [4.69, 9.17) is 9.47 Å². The van der Waals surface area contributed by atoms with Crippen LogP contribution in [0.25, 0.3) is 11.1 Å². The van der Waals surface area contributed by atoms with E-state index in [0.717, 1.165) is 24.0 Å². The second-order valence-electron chi connectivity index (χ2n) is 5.79. The van der Waals surface area contributed by atoms with Crippen LogP contribution in [-0.4, -0.2) is 18.5 Å². The summed E-state index contributed by atoms with van der Waals surface area (Å²) in [5.74, 6) is -0.0857. The Morgan fingerprint density at radius 1 is 0.800 bits per heavy atom. The molecule has 2 aromatic carbocycles. The van der Waals surface area contributed by atoms with Gasteiger partial charge in [-0.1, -0.05) is 55.8 Å². The Hall–Kier alpha value is -2.62. The van der Waals surface area contributed by atoms with E-state index >= 15 is 0 Å². The molecule has 0 spiro atoms. The second-order valence-corrected chi connectivity index (χ2v) is 5.79. The maximum atomic E-state index is 11.8. The van der Waals surface area contributed by atoms with Crippen LogP contribution in [-0.2, 0) is 14.3 Å². The second kappa shape index (κ2) is 10.3. The molecule has 4 nitrogen and oxygen atoms in total. The van der Waals surface area contributed by atoms with Crippen molar-refractivity contribution in [2.24, 2.45) is 0 Å². The van der Waals surface area contributed by atoms with Crippen molar-refractivity contribution < 1.29 is 19.1 Å². The number of hydrogen-bond acceptors (Lipinski definition) is 4. The standard InChI is InChI=1S/C21H24O4/c1-2-3-16-24-20(22)10-7-11-21(23)25-19-14-12-18(13-15-19)17-8-5-4-6-9-17/h4-6,8-9,12-15H,2-3,7,10-11,16H2,1H3. The van der Waals surface area contributed by atoms with Crippen LogP contribution in [0.3, 0.4) is 0 Å². The summed E-state index contributed by atoms with van der Waals surface area (Å²) < 4.78 is 10.3. The number of carbonyl (C=O) groups is 2. The van der Waals surface area contributed by atoms with Gasteiger partial charge in [0.15, 0.2) is 0 Å². The van der Waals surface area contributed by atoms with Crippen molar-refractivity contribution >= 4 is 11.9 Å². The van der Waals surface area contributed by atoms with Gasteiger partial charge in [0, 0.05) is 12.8 Å². The summed E-state index contributed by atoms with van der Waals surface area (Å²) in [6.07, 6.45) is 2.73. The van der Waals surface area contributed by atoms with Gasteiger partial charge in [-0.2, -0.15) is 0 Å². The van der Waals surface area contributed by atoms with Gasteiger partial charge in [0.25, 0.3) is 0 Å². The van der Waals surface area contributed by atoms with Crippen LogP contribution in [0.2, 0.25) is 0 Å². The smallest absolute Gasteiger partial charge is 0.311 e. The van der Waals surface area contributed by atoms with E-state index in [0.29, 0.717) is 18.8 Å². The Balaban J connectivity index is 1.73. The summed E-state index contributed by atoms with van der Waals surface area (Å²) in [6, 6.07) is 17.4. The van der Waals surface area contributed by atoms with E-state index in [9.17, 15) is 9.59 Å². The molecule has 0 bridgehead atoms. The molecule has 0 saturated heterocycles. The fourth-order valence-electron chi connectivity index (χ4n) is 2.31. The van der Waals surface area contributed by atoms with Crippen LogP contribution in [0.1, 0.15) is 39.0 Å². The summed E-state index contributed by atoms with van der Waals surface area (Å²) in [6.45, 7) is 2.49. The Morgan fingerprint density at radius 2 is 1.44 bits per heavy atom. The first kappa shape index (κ1) is 18.7. The van der Waals surface area contributed by atoms with Crippen LogP contribution in [0.4, 0.5) is 0 Å². The summed E-state index contributed by atoms with van der Waals surface area (Å²) in [5.41, 5.74) is 2.18. The highest BCUT2D eigenvalue weighted by Gasteiger charge is 2.08. The van der Waals surface area contributed by atoms with E-state index in [2.05, 4.69) is 0 Å². The van der Waals surface area contributed by atoms with E-state index in [1.807, 2.05) is 49.4 Å². The van der Waals surface area contributed by atoms with Gasteiger partial charge in [-0.15, -0.1) is 0 Å². The molecule has 0 atom stereocenters. The van der Waals surface area contributed by atoms with Crippen molar-refractivity contribution in [2.45, 2.75) is 39.0 Å². The minimum Gasteiger partial charge on any atom is -0.466 e. The third-order valence-electron chi connectivity index (χ3n) is 3.72. The maximum Gasteiger partial charge on any atom is 0.311 e. The van der Waals surface area contributed by atoms with E-state index in [1.54, 1.807) is 12.1 Å². The Labute approximate surface area is 148 Å². The average Bonchev–Trinajstić information content (AvgIpc) is 2.63. The molecule has 0 heterocycles. The van der Waals surface area contributed by atoms with Crippen LogP contribution in [0.15, 0.2) is 54.6 Å². The van der Waals surface area contributed by atoms with Crippen molar-refractivity contribution in [1.82, 2.24) is 0 Å². The monoisotopic (exact) mass is 340 g/mol. The topological polar surface area (TPSA) is 52.6 Å². The average molecular weight is 340 g/mol. The van der Waals surface area contributed by atoms with Crippen molar-refractivity contribution in [3.05, 3.63) is 54.6 Å². The first-order chi connectivity index (χ1) is 12.2. The molecule has 0 aliphatic rings. The van der Waals surface area contributed by atoms with Gasteiger partial charge in [0.2, 0.25) is 0 Å². The van der Waals surface area contributed by atoms with Crippen molar-refractivity contribution in [3.63, 3.8) is 0 Å². The van der Waals surface area contributed by atoms with Crippen molar-refractivity contribution in [1.29, 1.82) is 0 Å². The normalized spacial score (nSPS) is 10.3. The van der Waals surface area contributed by atoms with Crippen molar-refractivity contribution in [2.75, 3.05) is 6.61 Å². The predicted molar refractivity (Wildman–Crippen MR) is 97.2 cm³/mol. The molecular weight excluding hydrogens is 316 g/mol. The van der Waals surface area contributed by atoms with E-state index in [1.165, 1.54) is 0 Å². The first-order valence-electron chi connectivity index (χ1n) is 8.71. The Bertz CT molecular complexity index is 662. The largest absolute Gasteiger partial charge is 0.466 e. The third-order valence-corrected chi connectivity index (χ3v) is 3.72. The molecule has 0 saturated carbocycles. The van der Waals surface area contributed by atoms with Crippen LogP contribution in [0, 0.1) is 0 Å². The number of esters is 2. The molecule has 2 aromatic rings. The number of benzene rings is 2. The van der Waals surface area contributed by atoms with Gasteiger partial charge in [-0.3, -0.25) is 9.59 Å². The fourth-order valence-corrected chi connectivity index (χ4v) is 2.31. The van der Waals surface area contributed by atoms with Gasteiger partial charge in [0.05, 0.1) is 6.61 Å². The highest BCUT2D eigenvalue weighted by Crippen LogP contribution is 2.22. The van der Waals surface area contributed by atoms with Crippen LogP contribution >= 0.6 is 0 Å². The molecule has 0 fully saturated rings. The number of carbonyl (C=O) groups excluding carboxylic acids is 2. The van der Waals surface area contributed by atoms with Crippen LogP contribution < -0.4 is 4.74 Å². The number of ether oxygens (including phenoxy) is 2. The first-order valence-corrected chi connectivity index (χ1v) is 8.71. The molecule has 0 aliphatic carbocycles. The molecule has 0 aliphatic heterocycles. The molecule has 0 amide bonds. The SMILES string of the molecule is CCCCOC(=O)CCCC(=O)Oc1ccc(-c2ccccc2)cc1. The Morgan fingerprint density at radius 3 is 2.12 bits per heavy atom. The zero-order valence-corrected chi connectivity index (χ0v) is 14.6. The zero-order valence-electron chi connectivity index (χ0n) is 14.6. The summed E-state index contributed by atoms with van der Waals surface area (Å²) >= 11 is 0. The minimum absolute atomic E-state index is 0.198. The van der Waals surface area contributed by atoms with Gasteiger partial charge in [-0.25, -0.2) is 0 Å². The summed E-state index contributed by atoms with van der Waals surface area (Å²) in [5, 5.41) is 0. The lowest BCUT2D eigenvalue weighted by Gasteiger charge is -2.06. The van der Waals surface area contributed by atoms with Gasteiger partial charge in [-0.05, 0) is 36.1 Å². The molecule has 0 N–H and O–H groups in total. The van der Waals surface area contributed by atoms with E-state index < -0.39 is 0 Å². The lowest BCUT2D eigenvalue weighted by atomic mass is 10.1. The molecule has 2 rings (SSSR count). The van der Waals surface area contributed by atoms with Crippen molar-refractivity contribution in [3.8, 4) is 16.9 Å². The Kier molecular flexibility index (Phi) is 7.70. The summed E-state index contributed by atoms with van der Waals surface area (Å²) in [7, 11) is 0. The van der Waals surface area contributed by atoms with Gasteiger partial charge >= 0.3 is 11.9 Å². The number of rotatable bonds is 9. The molecule has 4 heteroatoms. The molecule has 132 valence electrons. The van der Waals surface area contributed by atoms with Gasteiger partial charge < -0.3 is 9.47 Å². The number of hydrogen-bond donors (Lipinski definition) is 0. The van der Waals surface area contributed by atoms with Crippen LogP contribution in [0.5, 0.6) is 5.75 Å². The minimum atomic E-state index is -0.339. The third kappa shape index (κ3) is 6.79. The molecule has 0 unspecified atom stereocenters. The highest BCUT2D eigenvalue weighted by atomic mass is 16.5. The molecular formula is C21H24O4. The quantitative estimate of drug-likeness (QED) is 0.375. The predicted octanol–water partition coefficient (Wildman–Crippen LogP) is 4.77. The van der Waals surface area contributed by atoms with E-state index in [-0.39, 0.29) is 24.8 Å². The van der Waals surface area contributed by atoms with Gasteiger partial charge in [0.1, 0.15) is 5.75 Å². The zero-order chi connectivity index (χ0) is 17.9.